The summed E-state index contributed by atoms with van der Waals surface area (Å²) in [4.78, 5) is 49.1. The van der Waals surface area contributed by atoms with Crippen molar-refractivity contribution in [2.24, 2.45) is 5.92 Å². The summed E-state index contributed by atoms with van der Waals surface area (Å²) in [7, 11) is 0. The molecule has 9 nitrogen and oxygen atoms in total. The summed E-state index contributed by atoms with van der Waals surface area (Å²) in [6, 6.07) is 6.20. The monoisotopic (exact) mass is 367 g/mol. The first-order valence-electron chi connectivity index (χ1n) is 7.98. The van der Waals surface area contributed by atoms with Crippen molar-refractivity contribution in [3.05, 3.63) is 35.4 Å². The van der Waals surface area contributed by atoms with Crippen LogP contribution in [0, 0.1) is 5.92 Å². The van der Waals surface area contributed by atoms with Crippen LogP contribution in [0.5, 0.6) is 0 Å². The van der Waals surface area contributed by atoms with Crippen molar-refractivity contribution in [3.63, 3.8) is 0 Å². The van der Waals surface area contributed by atoms with E-state index in [-0.39, 0.29) is 37.4 Å². The third-order valence-corrected chi connectivity index (χ3v) is 3.45. The number of rotatable bonds is 9. The molecule has 0 fully saturated rings. The Balaban J connectivity index is 2.60. The number of hydroxylamine groups is 1. The molecule has 0 aliphatic heterocycles. The van der Waals surface area contributed by atoms with Crippen molar-refractivity contribution in [1.82, 2.24) is 5.48 Å². The molecule has 1 atom stereocenters. The van der Waals surface area contributed by atoms with Gasteiger partial charge in [-0.25, -0.2) is 9.59 Å². The molecular weight excluding hydrogens is 346 g/mol. The topological polar surface area (TPSA) is 139 Å². The van der Waals surface area contributed by atoms with E-state index in [2.05, 4.69) is 9.57 Å². The smallest absolute Gasteiger partial charge is 0.481 e. The van der Waals surface area contributed by atoms with Gasteiger partial charge >= 0.3 is 18.1 Å². The van der Waals surface area contributed by atoms with Gasteiger partial charge in [0, 0.05) is 12.8 Å². The minimum Gasteiger partial charge on any atom is -0.481 e. The normalized spacial score (nSPS) is 11.3. The van der Waals surface area contributed by atoms with Gasteiger partial charge in [-0.1, -0.05) is 12.1 Å². The molecule has 142 valence electrons. The maximum absolute atomic E-state index is 11.7. The van der Waals surface area contributed by atoms with Crippen LogP contribution in [-0.2, 0) is 25.6 Å². The SMILES string of the molecule is CCOC(=O)ONC(=O)CCC(CC(=O)O)Cc1cccc(C(=O)O)c1. The number of carbonyl (C=O) groups is 4. The van der Waals surface area contributed by atoms with E-state index in [4.69, 9.17) is 10.2 Å². The van der Waals surface area contributed by atoms with E-state index in [9.17, 15) is 19.2 Å². The highest BCUT2D eigenvalue weighted by molar-refractivity contribution is 5.87. The second kappa shape index (κ2) is 10.7. The Labute approximate surface area is 149 Å². The molecule has 9 heteroatoms. The molecule has 0 radical (unpaired) electrons. The zero-order valence-electron chi connectivity index (χ0n) is 14.3. The molecule has 1 amide bonds. The standard InChI is InChI=1S/C17H21NO8/c1-2-25-17(24)26-18-14(19)7-6-12(10-15(20)21)8-11-4-3-5-13(9-11)16(22)23/h3-5,9,12H,2,6-8,10H2,1H3,(H,18,19)(H,20,21)(H,22,23). The van der Waals surface area contributed by atoms with Crippen molar-refractivity contribution in [2.45, 2.75) is 32.6 Å². The Bertz CT molecular complexity index is 658. The fourth-order valence-corrected chi connectivity index (χ4v) is 2.32. The average molecular weight is 367 g/mol. The molecule has 1 aromatic carbocycles. The Kier molecular flexibility index (Phi) is 8.62. The number of carbonyl (C=O) groups excluding carboxylic acids is 2. The Hall–Kier alpha value is -3.10. The van der Waals surface area contributed by atoms with E-state index in [0.29, 0.717) is 12.0 Å². The summed E-state index contributed by atoms with van der Waals surface area (Å²) in [5.74, 6) is -3.07. The van der Waals surface area contributed by atoms with E-state index in [1.165, 1.54) is 12.1 Å². The first-order valence-corrected chi connectivity index (χ1v) is 7.98. The molecule has 0 saturated carbocycles. The van der Waals surface area contributed by atoms with Crippen LogP contribution in [0.4, 0.5) is 4.79 Å². The maximum Gasteiger partial charge on any atom is 0.533 e. The van der Waals surface area contributed by atoms with Crippen molar-refractivity contribution in [2.75, 3.05) is 6.61 Å². The Morgan fingerprint density at radius 2 is 1.92 bits per heavy atom. The Morgan fingerprint density at radius 3 is 2.54 bits per heavy atom. The molecule has 3 N–H and O–H groups in total. The van der Waals surface area contributed by atoms with Gasteiger partial charge in [0.25, 0.3) is 5.91 Å². The molecule has 0 saturated heterocycles. The highest BCUT2D eigenvalue weighted by Gasteiger charge is 2.17. The van der Waals surface area contributed by atoms with Crippen molar-refractivity contribution in [3.8, 4) is 0 Å². The summed E-state index contributed by atoms with van der Waals surface area (Å²) in [6.45, 7) is 1.68. The largest absolute Gasteiger partial charge is 0.533 e. The van der Waals surface area contributed by atoms with Gasteiger partial charge in [-0.05, 0) is 43.4 Å². The lowest BCUT2D eigenvalue weighted by atomic mass is 9.91. The zero-order chi connectivity index (χ0) is 19.5. The molecule has 26 heavy (non-hydrogen) atoms. The van der Waals surface area contributed by atoms with Crippen LogP contribution in [0.1, 0.15) is 42.1 Å². The van der Waals surface area contributed by atoms with E-state index < -0.39 is 24.0 Å². The first-order chi connectivity index (χ1) is 12.3. The number of aliphatic carboxylic acids is 1. The molecule has 0 aromatic heterocycles. The number of carboxylic acid groups (broad SMARTS) is 2. The molecule has 1 unspecified atom stereocenters. The van der Waals surface area contributed by atoms with Gasteiger partial charge in [-0.2, -0.15) is 5.48 Å². The third-order valence-electron chi connectivity index (χ3n) is 3.45. The molecule has 0 aliphatic rings. The summed E-state index contributed by atoms with van der Waals surface area (Å²) < 4.78 is 4.48. The van der Waals surface area contributed by atoms with Gasteiger partial charge in [0.05, 0.1) is 12.2 Å². The van der Waals surface area contributed by atoms with E-state index in [0.717, 1.165) is 0 Å². The average Bonchev–Trinajstić information content (AvgIpc) is 2.58. The van der Waals surface area contributed by atoms with Crippen LogP contribution < -0.4 is 5.48 Å². The van der Waals surface area contributed by atoms with Gasteiger partial charge in [0.15, 0.2) is 0 Å². The highest BCUT2D eigenvalue weighted by atomic mass is 16.8. The summed E-state index contributed by atoms with van der Waals surface area (Å²) in [5.41, 5.74) is 2.70. The van der Waals surface area contributed by atoms with Crippen LogP contribution in [0.3, 0.4) is 0 Å². The summed E-state index contributed by atoms with van der Waals surface area (Å²) >= 11 is 0. The lowest BCUT2D eigenvalue weighted by Gasteiger charge is -2.15. The first kappa shape index (κ1) is 20.9. The minimum absolute atomic E-state index is 0.0596. The van der Waals surface area contributed by atoms with Gasteiger partial charge in [-0.3, -0.25) is 9.59 Å². The van der Waals surface area contributed by atoms with Gasteiger partial charge in [0.2, 0.25) is 0 Å². The predicted molar refractivity (Wildman–Crippen MR) is 88.3 cm³/mol. The highest BCUT2D eigenvalue weighted by Crippen LogP contribution is 2.19. The fraction of sp³-hybridized carbons (Fsp3) is 0.412. The van der Waals surface area contributed by atoms with E-state index >= 15 is 0 Å². The minimum atomic E-state index is -1.07. The number of ether oxygens (including phenoxy) is 1. The second-order valence-corrected chi connectivity index (χ2v) is 5.52. The molecule has 1 rings (SSSR count). The number of aromatic carboxylic acids is 1. The molecule has 1 aromatic rings. The lowest BCUT2D eigenvalue weighted by molar-refractivity contribution is -0.138. The molecule has 0 aliphatic carbocycles. The van der Waals surface area contributed by atoms with Crippen molar-refractivity contribution in [1.29, 1.82) is 0 Å². The van der Waals surface area contributed by atoms with Crippen molar-refractivity contribution < 1.29 is 39.0 Å². The van der Waals surface area contributed by atoms with Crippen LogP contribution in [0.15, 0.2) is 24.3 Å². The molecule has 0 bridgehead atoms. The molecular formula is C17H21NO8. The van der Waals surface area contributed by atoms with Crippen LogP contribution in [-0.4, -0.2) is 40.8 Å². The zero-order valence-corrected chi connectivity index (χ0v) is 14.3. The van der Waals surface area contributed by atoms with Gasteiger partial charge in [-0.15, -0.1) is 0 Å². The van der Waals surface area contributed by atoms with Crippen LogP contribution in [0.2, 0.25) is 0 Å². The molecule has 0 heterocycles. The number of hydrogen-bond acceptors (Lipinski definition) is 6. The second-order valence-electron chi connectivity index (χ2n) is 5.52. The summed E-state index contributed by atoms with van der Waals surface area (Å²) in [5, 5.41) is 18.0. The Morgan fingerprint density at radius 1 is 1.19 bits per heavy atom. The predicted octanol–water partition coefficient (Wildman–Crippen LogP) is 2.00. The van der Waals surface area contributed by atoms with Crippen molar-refractivity contribution >= 4 is 24.0 Å². The van der Waals surface area contributed by atoms with Gasteiger partial charge < -0.3 is 19.8 Å². The fourth-order valence-electron chi connectivity index (χ4n) is 2.32. The van der Waals surface area contributed by atoms with Gasteiger partial charge in [0.1, 0.15) is 0 Å². The third kappa shape index (κ3) is 8.13. The van der Waals surface area contributed by atoms with E-state index in [1.807, 2.05) is 5.48 Å². The van der Waals surface area contributed by atoms with Crippen LogP contribution >= 0.6 is 0 Å². The number of carboxylic acids is 2. The number of amides is 1. The number of benzene rings is 1. The number of nitrogens with one attached hydrogen (secondary N) is 1. The van der Waals surface area contributed by atoms with E-state index in [1.54, 1.807) is 19.1 Å². The number of hydrogen-bond donors (Lipinski definition) is 3. The van der Waals surface area contributed by atoms with Crippen LogP contribution in [0.25, 0.3) is 0 Å². The quantitative estimate of drug-likeness (QED) is 0.445. The lowest BCUT2D eigenvalue weighted by Crippen LogP contribution is -2.28. The molecule has 0 spiro atoms. The maximum atomic E-state index is 11.7. The summed E-state index contributed by atoms with van der Waals surface area (Å²) in [6.07, 6.45) is -0.742.